The molecule has 1 fully saturated rings. The second-order valence-corrected chi connectivity index (χ2v) is 5.70. The molecule has 7 nitrogen and oxygen atoms in total. The van der Waals surface area contributed by atoms with Gasteiger partial charge in [-0.1, -0.05) is 12.1 Å². The summed E-state index contributed by atoms with van der Waals surface area (Å²) in [6.45, 7) is 2.42. The molecule has 0 unspecified atom stereocenters. The summed E-state index contributed by atoms with van der Waals surface area (Å²) in [5, 5.41) is 14.1. The van der Waals surface area contributed by atoms with Gasteiger partial charge in [0.2, 0.25) is 0 Å². The quantitative estimate of drug-likeness (QED) is 0.749. The molecule has 2 heterocycles. The highest BCUT2D eigenvalue weighted by Crippen LogP contribution is 2.23. The van der Waals surface area contributed by atoms with Crippen LogP contribution in [0.1, 0.15) is 5.56 Å². The number of rotatable bonds is 6. The molecule has 8 heteroatoms. The number of aromatic nitrogens is 2. The van der Waals surface area contributed by atoms with E-state index >= 15 is 0 Å². The fourth-order valence-corrected chi connectivity index (χ4v) is 2.57. The summed E-state index contributed by atoms with van der Waals surface area (Å²) in [6.07, 6.45) is 0.478. The van der Waals surface area contributed by atoms with Crippen LogP contribution in [-0.4, -0.2) is 40.8 Å². The van der Waals surface area contributed by atoms with E-state index in [2.05, 4.69) is 25.5 Å². The standard InChI is InChI=1S/C16H18FN5O2/c17-13-3-1-2-11(4-13)6-18-14-5-15(21-10-20-14)22-8-12(9-22)7-19-16(23)24/h1-5,10,12,19H,6-9H2,(H,23,24)(H,18,20,21). The van der Waals surface area contributed by atoms with E-state index in [0.29, 0.717) is 24.8 Å². The van der Waals surface area contributed by atoms with Crippen LogP contribution in [0.5, 0.6) is 0 Å². The minimum absolute atomic E-state index is 0.265. The molecular formula is C16H18FN5O2. The average Bonchev–Trinajstić information content (AvgIpc) is 2.52. The molecule has 3 rings (SSSR count). The van der Waals surface area contributed by atoms with Crippen molar-refractivity contribution in [3.05, 3.63) is 48.0 Å². The van der Waals surface area contributed by atoms with Gasteiger partial charge in [0, 0.05) is 38.2 Å². The minimum Gasteiger partial charge on any atom is -0.465 e. The van der Waals surface area contributed by atoms with Crippen LogP contribution in [0, 0.1) is 11.7 Å². The molecule has 0 saturated carbocycles. The van der Waals surface area contributed by atoms with E-state index in [-0.39, 0.29) is 5.82 Å². The Balaban J connectivity index is 1.52. The monoisotopic (exact) mass is 331 g/mol. The van der Waals surface area contributed by atoms with Gasteiger partial charge < -0.3 is 20.6 Å². The lowest BCUT2D eigenvalue weighted by Gasteiger charge is -2.40. The highest BCUT2D eigenvalue weighted by molar-refractivity contribution is 5.64. The average molecular weight is 331 g/mol. The van der Waals surface area contributed by atoms with Crippen molar-refractivity contribution in [2.24, 2.45) is 5.92 Å². The van der Waals surface area contributed by atoms with Crippen LogP contribution in [0.3, 0.4) is 0 Å². The summed E-state index contributed by atoms with van der Waals surface area (Å²) < 4.78 is 13.2. The highest BCUT2D eigenvalue weighted by atomic mass is 19.1. The smallest absolute Gasteiger partial charge is 0.404 e. The predicted molar refractivity (Wildman–Crippen MR) is 87.5 cm³/mol. The number of hydrogen-bond donors (Lipinski definition) is 3. The van der Waals surface area contributed by atoms with Crippen molar-refractivity contribution >= 4 is 17.7 Å². The first-order valence-corrected chi connectivity index (χ1v) is 7.62. The SMILES string of the molecule is O=C(O)NCC1CN(c2cc(NCc3cccc(F)c3)ncn2)C1. The van der Waals surface area contributed by atoms with E-state index in [0.717, 1.165) is 24.5 Å². The van der Waals surface area contributed by atoms with Gasteiger partial charge in [-0.05, 0) is 17.7 Å². The number of carbonyl (C=O) groups is 1. The summed E-state index contributed by atoms with van der Waals surface area (Å²) in [6, 6.07) is 8.23. The van der Waals surface area contributed by atoms with Crippen LogP contribution in [0.15, 0.2) is 36.7 Å². The van der Waals surface area contributed by atoms with Crippen LogP contribution in [0.2, 0.25) is 0 Å². The first kappa shape index (κ1) is 16.0. The third-order valence-corrected chi connectivity index (χ3v) is 3.84. The van der Waals surface area contributed by atoms with E-state index in [1.807, 2.05) is 12.1 Å². The van der Waals surface area contributed by atoms with Crippen LogP contribution in [0.25, 0.3) is 0 Å². The van der Waals surface area contributed by atoms with Crippen molar-refractivity contribution in [3.63, 3.8) is 0 Å². The van der Waals surface area contributed by atoms with E-state index in [1.54, 1.807) is 6.07 Å². The van der Waals surface area contributed by atoms with Crippen LogP contribution < -0.4 is 15.5 Å². The fraction of sp³-hybridized carbons (Fsp3) is 0.312. The zero-order valence-corrected chi connectivity index (χ0v) is 12.9. The van der Waals surface area contributed by atoms with Gasteiger partial charge in [0.05, 0.1) is 0 Å². The summed E-state index contributed by atoms with van der Waals surface area (Å²) in [7, 11) is 0. The van der Waals surface area contributed by atoms with Crippen molar-refractivity contribution in [1.82, 2.24) is 15.3 Å². The molecule has 1 saturated heterocycles. The zero-order valence-electron chi connectivity index (χ0n) is 12.9. The number of nitrogens with zero attached hydrogens (tertiary/aromatic N) is 3. The molecule has 24 heavy (non-hydrogen) atoms. The zero-order chi connectivity index (χ0) is 16.9. The molecule has 0 radical (unpaired) electrons. The second-order valence-electron chi connectivity index (χ2n) is 5.70. The molecule has 0 aliphatic carbocycles. The Hall–Kier alpha value is -2.90. The van der Waals surface area contributed by atoms with E-state index in [1.165, 1.54) is 18.5 Å². The molecule has 1 aromatic heterocycles. The van der Waals surface area contributed by atoms with E-state index in [9.17, 15) is 9.18 Å². The van der Waals surface area contributed by atoms with Crippen LogP contribution in [-0.2, 0) is 6.54 Å². The number of benzene rings is 1. The van der Waals surface area contributed by atoms with Gasteiger partial charge in [0.25, 0.3) is 0 Å². The maximum Gasteiger partial charge on any atom is 0.404 e. The van der Waals surface area contributed by atoms with Gasteiger partial charge in [-0.2, -0.15) is 0 Å². The molecule has 1 aromatic carbocycles. The largest absolute Gasteiger partial charge is 0.465 e. The molecule has 1 aliphatic heterocycles. The van der Waals surface area contributed by atoms with Crippen molar-refractivity contribution < 1.29 is 14.3 Å². The number of carboxylic acid groups (broad SMARTS) is 1. The Morgan fingerprint density at radius 1 is 1.33 bits per heavy atom. The highest BCUT2D eigenvalue weighted by Gasteiger charge is 2.28. The molecule has 1 amide bonds. The first-order valence-electron chi connectivity index (χ1n) is 7.62. The van der Waals surface area contributed by atoms with Gasteiger partial charge in [0.1, 0.15) is 23.8 Å². The van der Waals surface area contributed by atoms with Crippen molar-refractivity contribution in [1.29, 1.82) is 0 Å². The summed E-state index contributed by atoms with van der Waals surface area (Å²) >= 11 is 0. The lowest BCUT2D eigenvalue weighted by atomic mass is 10.0. The number of hydrogen-bond acceptors (Lipinski definition) is 5. The van der Waals surface area contributed by atoms with Crippen molar-refractivity contribution in [2.45, 2.75) is 6.54 Å². The van der Waals surface area contributed by atoms with Gasteiger partial charge in [0.15, 0.2) is 0 Å². The topological polar surface area (TPSA) is 90.4 Å². The molecule has 2 aromatic rings. The Kier molecular flexibility index (Phi) is 4.74. The maximum absolute atomic E-state index is 13.2. The predicted octanol–water partition coefficient (Wildman–Crippen LogP) is 1.93. The van der Waals surface area contributed by atoms with Crippen LogP contribution >= 0.6 is 0 Å². The molecule has 0 bridgehead atoms. The third kappa shape index (κ3) is 4.09. The lowest BCUT2D eigenvalue weighted by Crippen LogP contribution is -2.51. The van der Waals surface area contributed by atoms with E-state index < -0.39 is 6.09 Å². The van der Waals surface area contributed by atoms with E-state index in [4.69, 9.17) is 5.11 Å². The number of nitrogens with one attached hydrogen (secondary N) is 2. The molecule has 0 spiro atoms. The molecular weight excluding hydrogens is 313 g/mol. The Morgan fingerprint density at radius 2 is 2.17 bits per heavy atom. The first-order chi connectivity index (χ1) is 11.6. The normalized spacial score (nSPS) is 14.1. The number of halogens is 1. The minimum atomic E-state index is -1.00. The maximum atomic E-state index is 13.2. The Labute approximate surface area is 138 Å². The fourth-order valence-electron chi connectivity index (χ4n) is 2.57. The number of amides is 1. The summed E-state index contributed by atoms with van der Waals surface area (Å²) in [5.41, 5.74) is 0.832. The third-order valence-electron chi connectivity index (χ3n) is 3.84. The molecule has 1 aliphatic rings. The molecule has 3 N–H and O–H groups in total. The molecule has 126 valence electrons. The van der Waals surface area contributed by atoms with Gasteiger partial charge >= 0.3 is 6.09 Å². The summed E-state index contributed by atoms with van der Waals surface area (Å²) in [4.78, 5) is 20.9. The van der Waals surface area contributed by atoms with Crippen molar-refractivity contribution in [3.8, 4) is 0 Å². The summed E-state index contributed by atoms with van der Waals surface area (Å²) in [5.74, 6) is 1.48. The van der Waals surface area contributed by atoms with Crippen LogP contribution in [0.4, 0.5) is 20.8 Å². The lowest BCUT2D eigenvalue weighted by molar-refractivity contribution is 0.191. The second kappa shape index (κ2) is 7.12. The van der Waals surface area contributed by atoms with Gasteiger partial charge in [-0.25, -0.2) is 19.2 Å². The Morgan fingerprint density at radius 3 is 2.92 bits per heavy atom. The van der Waals surface area contributed by atoms with Gasteiger partial charge in [-0.15, -0.1) is 0 Å². The Bertz CT molecular complexity index is 721. The van der Waals surface area contributed by atoms with Gasteiger partial charge in [-0.3, -0.25) is 0 Å². The number of anilines is 2. The van der Waals surface area contributed by atoms with Crippen molar-refractivity contribution in [2.75, 3.05) is 29.9 Å². The molecule has 0 atom stereocenters.